The summed E-state index contributed by atoms with van der Waals surface area (Å²) in [6, 6.07) is 1.13. The molecule has 1 saturated carbocycles. The van der Waals surface area contributed by atoms with Gasteiger partial charge in [0.15, 0.2) is 0 Å². The Morgan fingerprint density at radius 1 is 1.32 bits per heavy atom. The van der Waals surface area contributed by atoms with E-state index in [1.807, 2.05) is 11.1 Å². The first kappa shape index (κ1) is 15.5. The van der Waals surface area contributed by atoms with Crippen molar-refractivity contribution >= 4 is 12.1 Å². The van der Waals surface area contributed by atoms with Gasteiger partial charge in [0.05, 0.1) is 0 Å². The number of amides is 1. The molecule has 1 unspecified atom stereocenters. The van der Waals surface area contributed by atoms with Gasteiger partial charge in [0.1, 0.15) is 30.7 Å². The fraction of sp³-hybridized carbons (Fsp3) is 0.765. The second-order valence-corrected chi connectivity index (χ2v) is 6.89. The second kappa shape index (κ2) is 6.41. The molecule has 22 heavy (non-hydrogen) atoms. The van der Waals surface area contributed by atoms with E-state index in [2.05, 4.69) is 18.4 Å². The van der Waals surface area contributed by atoms with Gasteiger partial charge in [-0.15, -0.1) is 0 Å². The van der Waals surface area contributed by atoms with Crippen molar-refractivity contribution in [3.63, 3.8) is 0 Å². The highest BCUT2D eigenvalue weighted by molar-refractivity contribution is 5.78. The fourth-order valence-electron chi connectivity index (χ4n) is 4.11. The number of quaternary nitrogens is 1. The second-order valence-electron chi connectivity index (χ2n) is 6.89. The smallest absolute Gasteiger partial charge is 0.219 e. The topological polar surface area (TPSA) is 44.7 Å². The van der Waals surface area contributed by atoms with Crippen molar-refractivity contribution in [3.05, 3.63) is 11.9 Å². The van der Waals surface area contributed by atoms with Gasteiger partial charge in [-0.25, -0.2) is 0 Å². The molecule has 5 nitrogen and oxygen atoms in total. The Morgan fingerprint density at radius 2 is 2.00 bits per heavy atom. The van der Waals surface area contributed by atoms with E-state index in [1.165, 1.54) is 31.4 Å². The van der Waals surface area contributed by atoms with Crippen LogP contribution in [0, 0.1) is 0 Å². The van der Waals surface area contributed by atoms with Gasteiger partial charge < -0.3 is 10.2 Å². The molecule has 1 N–H and O–H groups in total. The average Bonchev–Trinajstić information content (AvgIpc) is 3.18. The van der Waals surface area contributed by atoms with Crippen LogP contribution in [0.25, 0.3) is 0 Å². The zero-order chi connectivity index (χ0) is 15.6. The standard InChI is InChI=1S/C17H29N4O/c1-3-21(17-6-4-5-7-17)13-16(12-18-21)19-15-8-10-20(11-9-15)14(2)22/h12-13,15,17,19H,3-11H2,1-2H3/q+1. The van der Waals surface area contributed by atoms with E-state index >= 15 is 0 Å². The zero-order valence-corrected chi connectivity index (χ0v) is 13.9. The first-order valence-electron chi connectivity index (χ1n) is 8.81. The molecule has 1 aliphatic carbocycles. The van der Waals surface area contributed by atoms with Gasteiger partial charge in [-0.3, -0.25) is 4.79 Å². The minimum absolute atomic E-state index is 0.197. The predicted octanol–water partition coefficient (Wildman–Crippen LogP) is 2.21. The summed E-state index contributed by atoms with van der Waals surface area (Å²) >= 11 is 0. The Labute approximate surface area is 133 Å². The molecule has 0 aromatic heterocycles. The Bertz CT molecular complexity index is 473. The first-order chi connectivity index (χ1) is 10.6. The third-order valence-electron chi connectivity index (χ3n) is 5.55. The van der Waals surface area contributed by atoms with Crippen LogP contribution < -0.4 is 5.32 Å². The summed E-state index contributed by atoms with van der Waals surface area (Å²) in [4.78, 5) is 13.3. The minimum Gasteiger partial charge on any atom is -0.376 e. The molecule has 0 spiro atoms. The fourth-order valence-corrected chi connectivity index (χ4v) is 4.11. The third kappa shape index (κ3) is 3.05. The van der Waals surface area contributed by atoms with Crippen LogP contribution in [0.15, 0.2) is 17.0 Å². The summed E-state index contributed by atoms with van der Waals surface area (Å²) in [5, 5.41) is 8.50. The molecule has 2 fully saturated rings. The molecule has 0 aromatic rings. The highest BCUT2D eigenvalue weighted by atomic mass is 16.2. The molecule has 0 radical (unpaired) electrons. The zero-order valence-electron chi connectivity index (χ0n) is 13.9. The number of carbonyl (C=O) groups excluding carboxylic acids is 1. The summed E-state index contributed by atoms with van der Waals surface area (Å²) in [6.07, 6.45) is 11.7. The molecule has 122 valence electrons. The van der Waals surface area contributed by atoms with Crippen LogP contribution in [0.3, 0.4) is 0 Å². The number of allylic oxidation sites excluding steroid dienone is 1. The molecule has 3 aliphatic rings. The molecule has 1 saturated heterocycles. The lowest BCUT2D eigenvalue weighted by molar-refractivity contribution is -0.906. The molecular formula is C17H29N4O+. The maximum absolute atomic E-state index is 11.4. The van der Waals surface area contributed by atoms with Gasteiger partial charge in [0.25, 0.3) is 0 Å². The van der Waals surface area contributed by atoms with Gasteiger partial charge >= 0.3 is 0 Å². The largest absolute Gasteiger partial charge is 0.376 e. The van der Waals surface area contributed by atoms with Crippen LogP contribution in [0.5, 0.6) is 0 Å². The number of carbonyl (C=O) groups is 1. The number of piperidine rings is 1. The summed E-state index contributed by atoms with van der Waals surface area (Å²) in [6.45, 7) is 6.67. The lowest BCUT2D eigenvalue weighted by Gasteiger charge is -2.32. The van der Waals surface area contributed by atoms with E-state index < -0.39 is 0 Å². The molecule has 0 bridgehead atoms. The number of hydrogen-bond acceptors (Lipinski definition) is 3. The van der Waals surface area contributed by atoms with Gasteiger partial charge in [0, 0.05) is 38.9 Å². The van der Waals surface area contributed by atoms with Gasteiger partial charge in [-0.05, 0) is 32.6 Å². The predicted molar refractivity (Wildman–Crippen MR) is 88.0 cm³/mol. The molecule has 5 heteroatoms. The van der Waals surface area contributed by atoms with Crippen molar-refractivity contribution in [2.45, 2.75) is 64.5 Å². The Morgan fingerprint density at radius 3 is 2.59 bits per heavy atom. The molecule has 2 aliphatic heterocycles. The molecule has 1 amide bonds. The summed E-state index contributed by atoms with van der Waals surface area (Å²) in [7, 11) is 0. The van der Waals surface area contributed by atoms with E-state index in [0.717, 1.165) is 37.1 Å². The van der Waals surface area contributed by atoms with Crippen LogP contribution in [0.1, 0.15) is 52.4 Å². The van der Waals surface area contributed by atoms with Crippen LogP contribution in [-0.2, 0) is 4.79 Å². The van der Waals surface area contributed by atoms with E-state index in [0.29, 0.717) is 12.1 Å². The highest BCUT2D eigenvalue weighted by Gasteiger charge is 2.40. The van der Waals surface area contributed by atoms with Crippen LogP contribution in [-0.4, -0.2) is 53.3 Å². The lowest BCUT2D eigenvalue weighted by atomic mass is 10.0. The van der Waals surface area contributed by atoms with Gasteiger partial charge in [-0.2, -0.15) is 4.59 Å². The third-order valence-corrected chi connectivity index (χ3v) is 5.55. The summed E-state index contributed by atoms with van der Waals surface area (Å²) < 4.78 is 0.786. The van der Waals surface area contributed by atoms with Crippen molar-refractivity contribution in [1.29, 1.82) is 0 Å². The van der Waals surface area contributed by atoms with Crippen molar-refractivity contribution in [2.24, 2.45) is 5.10 Å². The monoisotopic (exact) mass is 305 g/mol. The van der Waals surface area contributed by atoms with E-state index in [9.17, 15) is 4.79 Å². The van der Waals surface area contributed by atoms with Crippen molar-refractivity contribution in [3.8, 4) is 0 Å². The Hall–Kier alpha value is -1.36. The molecule has 2 heterocycles. The van der Waals surface area contributed by atoms with E-state index in [1.54, 1.807) is 6.92 Å². The van der Waals surface area contributed by atoms with E-state index in [-0.39, 0.29) is 5.91 Å². The highest BCUT2D eigenvalue weighted by Crippen LogP contribution is 2.33. The minimum atomic E-state index is 0.197. The molecule has 1 atom stereocenters. The summed E-state index contributed by atoms with van der Waals surface area (Å²) in [5.41, 5.74) is 1.18. The maximum Gasteiger partial charge on any atom is 0.219 e. The molecular weight excluding hydrogens is 276 g/mol. The van der Waals surface area contributed by atoms with Gasteiger partial charge in [-0.1, -0.05) is 5.10 Å². The van der Waals surface area contributed by atoms with E-state index in [4.69, 9.17) is 5.10 Å². The average molecular weight is 305 g/mol. The Kier molecular flexibility index (Phi) is 4.52. The number of hydrogen-bond donors (Lipinski definition) is 1. The number of nitrogens with one attached hydrogen (secondary N) is 1. The molecule has 0 aromatic carbocycles. The lowest BCUT2D eigenvalue weighted by Crippen LogP contribution is -2.45. The molecule has 3 rings (SSSR count). The SMILES string of the molecule is CC[N+]1(C2CCCC2)C=C(NC2CCN(C(C)=O)CC2)C=N1. The quantitative estimate of drug-likeness (QED) is 0.809. The summed E-state index contributed by atoms with van der Waals surface area (Å²) in [5.74, 6) is 0.197. The maximum atomic E-state index is 11.4. The number of rotatable bonds is 4. The van der Waals surface area contributed by atoms with Crippen molar-refractivity contribution < 1.29 is 9.39 Å². The first-order valence-corrected chi connectivity index (χ1v) is 8.81. The van der Waals surface area contributed by atoms with Crippen LogP contribution in [0.4, 0.5) is 0 Å². The normalized spacial score (nSPS) is 29.9. The van der Waals surface area contributed by atoms with Gasteiger partial charge in [0.2, 0.25) is 5.91 Å². The number of likely N-dealkylation sites (tertiary alicyclic amines) is 1. The van der Waals surface area contributed by atoms with Crippen LogP contribution >= 0.6 is 0 Å². The van der Waals surface area contributed by atoms with Crippen molar-refractivity contribution in [2.75, 3.05) is 19.6 Å². The Balaban J connectivity index is 1.59. The van der Waals surface area contributed by atoms with Crippen molar-refractivity contribution in [1.82, 2.24) is 10.2 Å². The van der Waals surface area contributed by atoms with Crippen LogP contribution in [0.2, 0.25) is 0 Å². The number of nitrogens with zero attached hydrogens (tertiary/aromatic N) is 3.